The van der Waals surface area contributed by atoms with E-state index in [1.807, 2.05) is 54.6 Å². The van der Waals surface area contributed by atoms with E-state index in [1.165, 1.54) is 0 Å². The lowest BCUT2D eigenvalue weighted by Crippen LogP contribution is -2.27. The van der Waals surface area contributed by atoms with E-state index in [4.69, 9.17) is 18.9 Å². The molecule has 0 unspecified atom stereocenters. The number of rotatable bonds is 4. The number of benzene rings is 3. The molecule has 3 aromatic rings. The predicted molar refractivity (Wildman–Crippen MR) is 115 cm³/mol. The average Bonchev–Trinajstić information content (AvgIpc) is 3.24. The van der Waals surface area contributed by atoms with Crippen LogP contribution in [-0.2, 0) is 10.2 Å². The molecule has 2 heterocycles. The van der Waals surface area contributed by atoms with Gasteiger partial charge in [-0.2, -0.15) is 0 Å². The average molecular weight is 415 g/mol. The number of hydrogen-bond donors (Lipinski definition) is 1. The standard InChI is InChI=1S/C25H21NO5/c1-15-2-5-18(12-19(15)16-3-6-20-22(10-16)30-13-28-20)26-24(27)25(8-9-25)17-4-7-21-23(11-17)31-14-29-21/h2-7,10-12H,8-9,13-14H2,1H3,(H,26,27). The zero-order valence-corrected chi connectivity index (χ0v) is 17.1. The van der Waals surface area contributed by atoms with E-state index in [-0.39, 0.29) is 19.5 Å². The highest BCUT2D eigenvalue weighted by Crippen LogP contribution is 2.51. The summed E-state index contributed by atoms with van der Waals surface area (Å²) >= 11 is 0. The Morgan fingerprint density at radius 3 is 2.23 bits per heavy atom. The summed E-state index contributed by atoms with van der Waals surface area (Å²) < 4.78 is 21.8. The Labute approximate surface area is 179 Å². The van der Waals surface area contributed by atoms with Crippen molar-refractivity contribution in [2.75, 3.05) is 18.9 Å². The van der Waals surface area contributed by atoms with Gasteiger partial charge < -0.3 is 24.3 Å². The highest BCUT2D eigenvalue weighted by atomic mass is 16.7. The van der Waals surface area contributed by atoms with Crippen LogP contribution in [0.3, 0.4) is 0 Å². The molecule has 6 rings (SSSR count). The maximum Gasteiger partial charge on any atom is 0.235 e. The summed E-state index contributed by atoms with van der Waals surface area (Å²) in [6.07, 6.45) is 1.64. The van der Waals surface area contributed by atoms with Crippen LogP contribution in [0, 0.1) is 6.92 Å². The summed E-state index contributed by atoms with van der Waals surface area (Å²) in [6.45, 7) is 2.53. The SMILES string of the molecule is Cc1ccc(NC(=O)C2(c3ccc4c(c3)OCO4)CC2)cc1-c1ccc2c(c1)OCO2. The molecule has 2 aliphatic heterocycles. The van der Waals surface area contributed by atoms with Gasteiger partial charge in [-0.1, -0.05) is 18.2 Å². The summed E-state index contributed by atoms with van der Waals surface area (Å²) in [7, 11) is 0. The van der Waals surface area contributed by atoms with E-state index >= 15 is 0 Å². The van der Waals surface area contributed by atoms with Crippen molar-refractivity contribution in [3.63, 3.8) is 0 Å². The second-order valence-corrected chi connectivity index (χ2v) is 8.20. The lowest BCUT2D eigenvalue weighted by molar-refractivity contribution is -0.118. The number of amides is 1. The highest BCUT2D eigenvalue weighted by molar-refractivity contribution is 6.02. The van der Waals surface area contributed by atoms with Crippen LogP contribution in [0.4, 0.5) is 5.69 Å². The van der Waals surface area contributed by atoms with Crippen LogP contribution in [0.5, 0.6) is 23.0 Å². The fourth-order valence-electron chi connectivity index (χ4n) is 4.29. The maximum absolute atomic E-state index is 13.3. The number of hydrogen-bond acceptors (Lipinski definition) is 5. The Hall–Kier alpha value is -3.67. The smallest absolute Gasteiger partial charge is 0.235 e. The van der Waals surface area contributed by atoms with Crippen LogP contribution in [-0.4, -0.2) is 19.5 Å². The van der Waals surface area contributed by atoms with E-state index in [1.54, 1.807) is 0 Å². The van der Waals surface area contributed by atoms with Crippen LogP contribution in [0.2, 0.25) is 0 Å². The van der Waals surface area contributed by atoms with Gasteiger partial charge in [-0.05, 0) is 78.4 Å². The van der Waals surface area contributed by atoms with Crippen molar-refractivity contribution in [1.29, 1.82) is 0 Å². The molecular weight excluding hydrogens is 394 g/mol. The summed E-state index contributed by atoms with van der Waals surface area (Å²) in [5, 5.41) is 3.13. The summed E-state index contributed by atoms with van der Waals surface area (Å²) in [5.74, 6) is 2.94. The van der Waals surface area contributed by atoms with E-state index < -0.39 is 5.41 Å². The second-order valence-electron chi connectivity index (χ2n) is 8.20. The third-order valence-electron chi connectivity index (χ3n) is 6.29. The highest BCUT2D eigenvalue weighted by Gasteiger charge is 2.51. The van der Waals surface area contributed by atoms with Gasteiger partial charge in [0.1, 0.15) is 0 Å². The Morgan fingerprint density at radius 1 is 0.806 bits per heavy atom. The molecule has 0 aromatic heterocycles. The molecule has 0 atom stereocenters. The van der Waals surface area contributed by atoms with Crippen molar-refractivity contribution in [1.82, 2.24) is 0 Å². The van der Waals surface area contributed by atoms with Crippen molar-refractivity contribution >= 4 is 11.6 Å². The lowest BCUT2D eigenvalue weighted by atomic mass is 9.94. The lowest BCUT2D eigenvalue weighted by Gasteiger charge is -2.17. The summed E-state index contributed by atoms with van der Waals surface area (Å²) in [5.41, 5.74) is 4.42. The monoisotopic (exact) mass is 415 g/mol. The molecule has 1 saturated carbocycles. The normalized spacial score (nSPS) is 16.8. The number of carbonyl (C=O) groups is 1. The predicted octanol–water partition coefficient (Wildman–Crippen LogP) is 4.79. The topological polar surface area (TPSA) is 66.0 Å². The van der Waals surface area contributed by atoms with Crippen LogP contribution in [0.25, 0.3) is 11.1 Å². The molecule has 3 aromatic carbocycles. The molecular formula is C25H21NO5. The third-order valence-corrected chi connectivity index (χ3v) is 6.29. The fraction of sp³-hybridized carbons (Fsp3) is 0.240. The van der Waals surface area contributed by atoms with Crippen molar-refractivity contribution < 1.29 is 23.7 Å². The molecule has 1 aliphatic carbocycles. The van der Waals surface area contributed by atoms with Crippen molar-refractivity contribution in [3.05, 3.63) is 65.7 Å². The first kappa shape index (κ1) is 18.1. The van der Waals surface area contributed by atoms with Crippen LogP contribution >= 0.6 is 0 Å². The van der Waals surface area contributed by atoms with Gasteiger partial charge in [0.25, 0.3) is 0 Å². The largest absolute Gasteiger partial charge is 0.454 e. The van der Waals surface area contributed by atoms with Crippen LogP contribution in [0.15, 0.2) is 54.6 Å². The van der Waals surface area contributed by atoms with E-state index in [0.29, 0.717) is 5.75 Å². The van der Waals surface area contributed by atoms with Crippen molar-refractivity contribution in [3.8, 4) is 34.1 Å². The summed E-state index contributed by atoms with van der Waals surface area (Å²) in [4.78, 5) is 13.3. The van der Waals surface area contributed by atoms with E-state index in [0.717, 1.165) is 58.0 Å². The van der Waals surface area contributed by atoms with Gasteiger partial charge in [0.15, 0.2) is 23.0 Å². The Bertz CT molecular complexity index is 1210. The van der Waals surface area contributed by atoms with Gasteiger partial charge in [0, 0.05) is 5.69 Å². The Morgan fingerprint density at radius 2 is 1.48 bits per heavy atom. The molecule has 1 amide bonds. The number of carbonyl (C=O) groups excluding carboxylic acids is 1. The van der Waals surface area contributed by atoms with Gasteiger partial charge in [0.2, 0.25) is 19.5 Å². The molecule has 0 spiro atoms. The van der Waals surface area contributed by atoms with Crippen LogP contribution in [0.1, 0.15) is 24.0 Å². The quantitative estimate of drug-likeness (QED) is 0.664. The number of fused-ring (bicyclic) bond motifs is 2. The minimum Gasteiger partial charge on any atom is -0.454 e. The van der Waals surface area contributed by atoms with Gasteiger partial charge >= 0.3 is 0 Å². The van der Waals surface area contributed by atoms with Crippen LogP contribution < -0.4 is 24.3 Å². The van der Waals surface area contributed by atoms with E-state index in [9.17, 15) is 4.79 Å². The number of aryl methyl sites for hydroxylation is 1. The minimum atomic E-state index is -0.509. The molecule has 6 nitrogen and oxygen atoms in total. The van der Waals surface area contributed by atoms with Gasteiger partial charge in [-0.25, -0.2) is 0 Å². The minimum absolute atomic E-state index is 0.00635. The molecule has 0 saturated heterocycles. The molecule has 0 bridgehead atoms. The third kappa shape index (κ3) is 2.98. The van der Waals surface area contributed by atoms with Gasteiger partial charge in [-0.15, -0.1) is 0 Å². The van der Waals surface area contributed by atoms with E-state index in [2.05, 4.69) is 12.2 Å². The second kappa shape index (κ2) is 6.67. The Balaban J connectivity index is 1.27. The number of nitrogens with one attached hydrogen (secondary N) is 1. The van der Waals surface area contributed by atoms with Crippen molar-refractivity contribution in [2.45, 2.75) is 25.2 Å². The fourth-order valence-corrected chi connectivity index (χ4v) is 4.29. The molecule has 31 heavy (non-hydrogen) atoms. The number of anilines is 1. The molecule has 3 aliphatic rings. The summed E-state index contributed by atoms with van der Waals surface area (Å²) in [6, 6.07) is 17.7. The molecule has 6 heteroatoms. The van der Waals surface area contributed by atoms with Crippen molar-refractivity contribution in [2.24, 2.45) is 0 Å². The molecule has 0 radical (unpaired) electrons. The first-order chi connectivity index (χ1) is 15.1. The number of ether oxygens (including phenoxy) is 4. The first-order valence-electron chi connectivity index (χ1n) is 10.3. The van der Waals surface area contributed by atoms with Gasteiger partial charge in [0.05, 0.1) is 5.41 Å². The van der Waals surface area contributed by atoms with Gasteiger partial charge in [-0.3, -0.25) is 4.79 Å². The zero-order chi connectivity index (χ0) is 21.0. The first-order valence-corrected chi connectivity index (χ1v) is 10.3. The maximum atomic E-state index is 13.3. The molecule has 156 valence electrons. The molecule has 1 fully saturated rings. The zero-order valence-electron chi connectivity index (χ0n) is 17.1. The molecule has 1 N–H and O–H groups in total. The Kier molecular flexibility index (Phi) is 3.90.